The average molecular weight is 448 g/mol. The van der Waals surface area contributed by atoms with E-state index < -0.39 is 0 Å². The molecule has 3 nitrogen and oxygen atoms in total. The quantitative estimate of drug-likeness (QED) is 0.247. The summed E-state index contributed by atoms with van der Waals surface area (Å²) in [5.41, 5.74) is 14.2. The first kappa shape index (κ1) is 21.6. The number of nitrogens with zero attached hydrogens (tertiary/aromatic N) is 2. The maximum Gasteiger partial charge on any atom is 0.361 e. The van der Waals surface area contributed by atoms with Gasteiger partial charge in [-0.25, -0.2) is 0 Å². The number of benzene rings is 3. The van der Waals surface area contributed by atoms with Gasteiger partial charge in [-0.15, -0.1) is 0 Å². The highest BCUT2D eigenvalue weighted by Crippen LogP contribution is 2.40. The third kappa shape index (κ3) is 2.63. The van der Waals surface area contributed by atoms with Gasteiger partial charge in [0.25, 0.3) is 0 Å². The van der Waals surface area contributed by atoms with Crippen LogP contribution in [-0.4, -0.2) is 21.5 Å². The molecule has 0 amide bonds. The summed E-state index contributed by atoms with van der Waals surface area (Å²) in [6.45, 7) is 19.9. The molecule has 3 heterocycles. The SMILES string of the molecule is CC1=C(C)n2c3c(ccc4cccc(c43)n3c4c(C)c(C)c(C)c(C)c4cc23)B1OC(C)(C)C. The van der Waals surface area contributed by atoms with Gasteiger partial charge in [-0.2, -0.15) is 0 Å². The Balaban J connectivity index is 1.91. The summed E-state index contributed by atoms with van der Waals surface area (Å²) in [6, 6.07) is 13.7. The van der Waals surface area contributed by atoms with Crippen molar-refractivity contribution in [3.05, 3.63) is 64.1 Å². The van der Waals surface area contributed by atoms with Gasteiger partial charge in [0.2, 0.25) is 0 Å². The van der Waals surface area contributed by atoms with Crippen molar-refractivity contribution < 1.29 is 4.65 Å². The lowest BCUT2D eigenvalue weighted by Crippen LogP contribution is -2.45. The van der Waals surface area contributed by atoms with Gasteiger partial charge in [0.05, 0.1) is 16.6 Å². The van der Waals surface area contributed by atoms with E-state index in [1.807, 2.05) is 0 Å². The second-order valence-electron chi connectivity index (χ2n) is 11.2. The lowest BCUT2D eigenvalue weighted by molar-refractivity contribution is 0.135. The first-order valence-electron chi connectivity index (χ1n) is 12.3. The van der Waals surface area contributed by atoms with Crippen molar-refractivity contribution in [3.8, 4) is 0 Å². The number of allylic oxidation sites excluding steroid dienone is 2. The Labute approximate surface area is 202 Å². The van der Waals surface area contributed by atoms with E-state index in [9.17, 15) is 0 Å². The minimum absolute atomic E-state index is 0.0485. The number of aryl methyl sites for hydroxylation is 2. The van der Waals surface area contributed by atoms with Gasteiger partial charge in [0, 0.05) is 22.1 Å². The molecule has 34 heavy (non-hydrogen) atoms. The highest BCUT2D eigenvalue weighted by molar-refractivity contribution is 6.78. The van der Waals surface area contributed by atoms with Gasteiger partial charge in [0.1, 0.15) is 5.65 Å². The fourth-order valence-corrected chi connectivity index (χ4v) is 6.06. The maximum atomic E-state index is 6.67. The summed E-state index contributed by atoms with van der Waals surface area (Å²) >= 11 is 0. The van der Waals surface area contributed by atoms with Crippen LogP contribution in [0.25, 0.3) is 44.1 Å². The van der Waals surface area contributed by atoms with Crippen LogP contribution in [0, 0.1) is 27.7 Å². The van der Waals surface area contributed by atoms with E-state index in [1.165, 1.54) is 77.2 Å². The molecule has 0 saturated carbocycles. The first-order chi connectivity index (χ1) is 16.0. The lowest BCUT2D eigenvalue weighted by atomic mass is 9.52. The molecule has 0 atom stereocenters. The molecule has 0 spiro atoms. The molecule has 1 aliphatic heterocycles. The van der Waals surface area contributed by atoms with Crippen LogP contribution in [0.2, 0.25) is 0 Å². The van der Waals surface area contributed by atoms with Crippen molar-refractivity contribution in [2.24, 2.45) is 0 Å². The molecule has 0 aliphatic carbocycles. The number of hydrogen-bond donors (Lipinski definition) is 0. The predicted molar refractivity (Wildman–Crippen MR) is 148 cm³/mol. The average Bonchev–Trinajstić information content (AvgIpc) is 3.19. The number of aromatic nitrogens is 2. The van der Waals surface area contributed by atoms with E-state index in [0.29, 0.717) is 0 Å². The van der Waals surface area contributed by atoms with Crippen LogP contribution in [0.4, 0.5) is 0 Å². The Morgan fingerprint density at radius 2 is 1.50 bits per heavy atom. The molecular weight excluding hydrogens is 415 g/mol. The first-order valence-corrected chi connectivity index (χ1v) is 12.3. The summed E-state index contributed by atoms with van der Waals surface area (Å²) in [5.74, 6) is 0. The second-order valence-corrected chi connectivity index (χ2v) is 11.2. The fraction of sp³-hybridized carbons (Fsp3) is 0.333. The van der Waals surface area contributed by atoms with Gasteiger partial charge in [0.15, 0.2) is 0 Å². The highest BCUT2D eigenvalue weighted by atomic mass is 16.5. The fourth-order valence-electron chi connectivity index (χ4n) is 6.06. The van der Waals surface area contributed by atoms with Crippen molar-refractivity contribution in [3.63, 3.8) is 0 Å². The molecule has 6 rings (SSSR count). The van der Waals surface area contributed by atoms with Crippen molar-refractivity contribution in [1.82, 2.24) is 8.97 Å². The van der Waals surface area contributed by atoms with Crippen molar-refractivity contribution in [1.29, 1.82) is 0 Å². The molecule has 4 heteroatoms. The normalized spacial score (nSPS) is 14.6. The standard InChI is InChI=1S/C30H33BN2O/c1-16-17(2)19(4)28-23(18(16)3)15-26-32-21(6)20(5)31(34-30(7,8)9)24-14-13-22-11-10-12-25(33(26)28)27(22)29(24)32/h10-15H,1-9H3. The van der Waals surface area contributed by atoms with E-state index in [2.05, 4.69) is 108 Å². The molecule has 0 saturated heterocycles. The molecule has 0 fully saturated rings. The Morgan fingerprint density at radius 3 is 2.21 bits per heavy atom. The zero-order chi connectivity index (χ0) is 24.3. The summed E-state index contributed by atoms with van der Waals surface area (Å²) in [7, 11) is 0. The van der Waals surface area contributed by atoms with Gasteiger partial charge in [-0.3, -0.25) is 4.40 Å². The molecule has 0 N–H and O–H groups in total. The Hall–Kier alpha value is -2.98. The smallest absolute Gasteiger partial charge is 0.361 e. The minimum atomic E-state index is -0.234. The molecule has 2 aromatic heterocycles. The molecule has 0 radical (unpaired) electrons. The Kier molecular flexibility index (Phi) is 4.31. The van der Waals surface area contributed by atoms with Gasteiger partial charge in [-0.1, -0.05) is 24.3 Å². The third-order valence-electron chi connectivity index (χ3n) is 8.20. The van der Waals surface area contributed by atoms with Crippen LogP contribution in [0.3, 0.4) is 0 Å². The van der Waals surface area contributed by atoms with Crippen molar-refractivity contribution >= 4 is 56.4 Å². The van der Waals surface area contributed by atoms with Gasteiger partial charge in [-0.05, 0) is 113 Å². The monoisotopic (exact) mass is 448 g/mol. The molecule has 172 valence electrons. The maximum absolute atomic E-state index is 6.67. The van der Waals surface area contributed by atoms with E-state index in [4.69, 9.17) is 4.65 Å². The highest BCUT2D eigenvalue weighted by Gasteiger charge is 2.35. The lowest BCUT2D eigenvalue weighted by Gasteiger charge is -2.33. The van der Waals surface area contributed by atoms with Gasteiger partial charge >= 0.3 is 6.92 Å². The minimum Gasteiger partial charge on any atom is -0.422 e. The molecule has 1 aliphatic rings. The molecular formula is C30H33BN2O. The largest absolute Gasteiger partial charge is 0.422 e. The van der Waals surface area contributed by atoms with Crippen LogP contribution in [0.15, 0.2) is 41.9 Å². The summed E-state index contributed by atoms with van der Waals surface area (Å²) in [4.78, 5) is 0. The zero-order valence-electron chi connectivity index (χ0n) is 21.8. The summed E-state index contributed by atoms with van der Waals surface area (Å²) in [6.07, 6.45) is 0. The van der Waals surface area contributed by atoms with Crippen LogP contribution < -0.4 is 5.46 Å². The summed E-state index contributed by atoms with van der Waals surface area (Å²) in [5, 5.41) is 3.93. The van der Waals surface area contributed by atoms with E-state index in [-0.39, 0.29) is 12.5 Å². The Morgan fingerprint density at radius 1 is 0.794 bits per heavy atom. The topological polar surface area (TPSA) is 18.6 Å². The van der Waals surface area contributed by atoms with E-state index in [0.717, 1.165) is 0 Å². The van der Waals surface area contributed by atoms with Crippen LogP contribution >= 0.6 is 0 Å². The van der Waals surface area contributed by atoms with E-state index >= 15 is 0 Å². The van der Waals surface area contributed by atoms with Crippen molar-refractivity contribution in [2.45, 2.75) is 67.9 Å². The predicted octanol–water partition coefficient (Wildman–Crippen LogP) is 7.25. The number of fused-ring (bicyclic) bond motifs is 5. The van der Waals surface area contributed by atoms with Crippen LogP contribution in [-0.2, 0) is 4.65 Å². The van der Waals surface area contributed by atoms with Gasteiger partial charge < -0.3 is 9.22 Å². The molecule has 5 aromatic rings. The summed E-state index contributed by atoms with van der Waals surface area (Å²) < 4.78 is 11.7. The zero-order valence-corrected chi connectivity index (χ0v) is 21.8. The number of rotatable bonds is 1. The third-order valence-corrected chi connectivity index (χ3v) is 8.20. The van der Waals surface area contributed by atoms with Crippen LogP contribution in [0.5, 0.6) is 0 Å². The number of hydrogen-bond acceptors (Lipinski definition) is 1. The molecule has 0 unspecified atom stereocenters. The van der Waals surface area contributed by atoms with Crippen LogP contribution in [0.1, 0.15) is 56.9 Å². The molecule has 0 bridgehead atoms. The second kappa shape index (κ2) is 6.79. The van der Waals surface area contributed by atoms with Crippen molar-refractivity contribution in [2.75, 3.05) is 0 Å². The molecule has 3 aromatic carbocycles. The Bertz CT molecular complexity index is 1720. The van der Waals surface area contributed by atoms with E-state index in [1.54, 1.807) is 0 Å².